The molecule has 6 heteroatoms. The van der Waals surface area contributed by atoms with Crippen molar-refractivity contribution in [3.63, 3.8) is 0 Å². The molecule has 3 N–H and O–H groups in total. The van der Waals surface area contributed by atoms with Gasteiger partial charge in [0.05, 0.1) is 4.92 Å². The molecule has 0 aliphatic carbocycles. The quantitative estimate of drug-likeness (QED) is 0.621. The topological polar surface area (TPSA) is 98.3 Å². The molecule has 6 nitrogen and oxygen atoms in total. The molecule has 0 spiro atoms. The Morgan fingerprint density at radius 3 is 2.57 bits per heavy atom. The van der Waals surface area contributed by atoms with Crippen LogP contribution in [0.2, 0.25) is 0 Å². The van der Waals surface area contributed by atoms with E-state index in [0.29, 0.717) is 17.9 Å². The molecule has 0 radical (unpaired) electrons. The van der Waals surface area contributed by atoms with Crippen LogP contribution in [0.5, 0.6) is 0 Å². The molecule has 0 saturated carbocycles. The number of benzene rings is 1. The van der Waals surface area contributed by atoms with E-state index >= 15 is 0 Å². The fourth-order valence-corrected chi connectivity index (χ4v) is 2.52. The van der Waals surface area contributed by atoms with E-state index in [-0.39, 0.29) is 17.8 Å². The Hall–Kier alpha value is -1.95. The van der Waals surface area contributed by atoms with Crippen LogP contribution in [0.15, 0.2) is 18.2 Å². The van der Waals surface area contributed by atoms with E-state index in [1.165, 1.54) is 6.07 Å². The number of nitrogens with zero attached hydrogens (tertiary/aromatic N) is 1. The van der Waals surface area contributed by atoms with Crippen molar-refractivity contribution in [1.82, 2.24) is 5.32 Å². The summed E-state index contributed by atoms with van der Waals surface area (Å²) in [6.45, 7) is 7.89. The third-order valence-electron chi connectivity index (χ3n) is 3.40. The highest BCUT2D eigenvalue weighted by atomic mass is 16.6. The van der Waals surface area contributed by atoms with Crippen molar-refractivity contribution in [3.05, 3.63) is 39.4 Å². The first-order valence-electron chi connectivity index (χ1n) is 6.97. The summed E-state index contributed by atoms with van der Waals surface area (Å²) in [4.78, 5) is 23.0. The lowest BCUT2D eigenvalue weighted by Gasteiger charge is -2.31. The van der Waals surface area contributed by atoms with Gasteiger partial charge in [0.2, 0.25) is 0 Å². The molecule has 1 amide bonds. The largest absolute Gasteiger partial charge is 0.345 e. The summed E-state index contributed by atoms with van der Waals surface area (Å²) in [6, 6.07) is 4.59. The number of rotatable bonds is 6. The van der Waals surface area contributed by atoms with Gasteiger partial charge in [0.15, 0.2) is 0 Å². The summed E-state index contributed by atoms with van der Waals surface area (Å²) < 4.78 is 0. The average Bonchev–Trinajstić information content (AvgIpc) is 2.36. The predicted molar refractivity (Wildman–Crippen MR) is 82.2 cm³/mol. The Morgan fingerprint density at radius 1 is 1.48 bits per heavy atom. The minimum absolute atomic E-state index is 0.103. The smallest absolute Gasteiger partial charge is 0.282 e. The van der Waals surface area contributed by atoms with Crippen LogP contribution in [0.4, 0.5) is 5.69 Å². The number of carbonyl (C=O) groups is 1. The average molecular weight is 293 g/mol. The molecule has 1 aromatic carbocycles. The summed E-state index contributed by atoms with van der Waals surface area (Å²) in [5.74, 6) is -0.0980. The molecule has 0 bridgehead atoms. The van der Waals surface area contributed by atoms with E-state index in [0.717, 1.165) is 0 Å². The Labute approximate surface area is 124 Å². The molecule has 0 fully saturated rings. The summed E-state index contributed by atoms with van der Waals surface area (Å²) in [5, 5.41) is 14.0. The van der Waals surface area contributed by atoms with Crippen LogP contribution in [-0.2, 0) is 0 Å². The lowest BCUT2D eigenvalue weighted by Crippen LogP contribution is -2.52. The van der Waals surface area contributed by atoms with Gasteiger partial charge in [-0.25, -0.2) is 0 Å². The van der Waals surface area contributed by atoms with Gasteiger partial charge in [0.1, 0.15) is 5.56 Å². The molecule has 0 aromatic heterocycles. The third kappa shape index (κ3) is 4.26. The fourth-order valence-electron chi connectivity index (χ4n) is 2.52. The van der Waals surface area contributed by atoms with Gasteiger partial charge in [0.25, 0.3) is 11.6 Å². The highest BCUT2D eigenvalue weighted by molar-refractivity contribution is 6.00. The summed E-state index contributed by atoms with van der Waals surface area (Å²) in [7, 11) is 0. The maximum Gasteiger partial charge on any atom is 0.282 e. The summed E-state index contributed by atoms with van der Waals surface area (Å²) >= 11 is 0. The SMILES string of the molecule is Cc1cccc([N+](=O)[O-])c1C(=O)NC(C)(CN)CC(C)C. The second kappa shape index (κ2) is 6.67. The van der Waals surface area contributed by atoms with Crippen molar-refractivity contribution >= 4 is 11.6 Å². The Bertz CT molecular complexity index is 543. The molecule has 0 aliphatic rings. The van der Waals surface area contributed by atoms with Gasteiger partial charge in [-0.15, -0.1) is 0 Å². The standard InChI is InChI=1S/C15H23N3O3/c1-10(2)8-15(4,9-16)17-14(19)13-11(3)6-5-7-12(13)18(20)21/h5-7,10H,8-9,16H2,1-4H3,(H,17,19). The van der Waals surface area contributed by atoms with Crippen molar-refractivity contribution in [2.45, 2.75) is 39.7 Å². The van der Waals surface area contributed by atoms with Crippen LogP contribution in [0, 0.1) is 23.0 Å². The van der Waals surface area contributed by atoms with Crippen LogP contribution in [0.3, 0.4) is 0 Å². The molecule has 0 saturated heterocycles. The minimum Gasteiger partial charge on any atom is -0.345 e. The zero-order chi connectivity index (χ0) is 16.2. The second-order valence-electron chi connectivity index (χ2n) is 6.04. The number of aryl methyl sites for hydroxylation is 1. The first-order chi connectivity index (χ1) is 9.70. The number of hydrogen-bond acceptors (Lipinski definition) is 4. The minimum atomic E-state index is -0.582. The van der Waals surface area contributed by atoms with E-state index in [1.807, 2.05) is 20.8 Å². The number of amides is 1. The van der Waals surface area contributed by atoms with E-state index in [4.69, 9.17) is 5.73 Å². The molecule has 0 aliphatic heterocycles. The first-order valence-corrected chi connectivity index (χ1v) is 6.97. The van der Waals surface area contributed by atoms with E-state index in [9.17, 15) is 14.9 Å². The molecule has 0 heterocycles. The predicted octanol–water partition coefficient (Wildman–Crippen LogP) is 2.40. The molecular weight excluding hydrogens is 270 g/mol. The summed E-state index contributed by atoms with van der Waals surface area (Å²) in [5.41, 5.74) is 5.68. The van der Waals surface area contributed by atoms with Gasteiger partial charge < -0.3 is 11.1 Å². The third-order valence-corrected chi connectivity index (χ3v) is 3.40. The summed E-state index contributed by atoms with van der Waals surface area (Å²) in [6.07, 6.45) is 0.703. The van der Waals surface area contributed by atoms with Crippen LogP contribution < -0.4 is 11.1 Å². The van der Waals surface area contributed by atoms with Gasteiger partial charge >= 0.3 is 0 Å². The lowest BCUT2D eigenvalue weighted by atomic mass is 9.90. The van der Waals surface area contributed by atoms with Gasteiger partial charge in [-0.2, -0.15) is 0 Å². The molecule has 116 valence electrons. The highest BCUT2D eigenvalue weighted by Gasteiger charge is 2.30. The van der Waals surface area contributed by atoms with E-state index < -0.39 is 16.4 Å². The molecular formula is C15H23N3O3. The number of nitrogens with two attached hydrogens (primary N) is 1. The normalized spacial score (nSPS) is 13.8. The van der Waals surface area contributed by atoms with Crippen LogP contribution in [0.25, 0.3) is 0 Å². The molecule has 1 atom stereocenters. The second-order valence-corrected chi connectivity index (χ2v) is 6.04. The van der Waals surface area contributed by atoms with Gasteiger partial charge in [-0.1, -0.05) is 26.0 Å². The zero-order valence-electron chi connectivity index (χ0n) is 13.0. The number of nitro groups is 1. The Balaban J connectivity index is 3.12. The van der Waals surface area contributed by atoms with Crippen LogP contribution >= 0.6 is 0 Å². The monoisotopic (exact) mass is 293 g/mol. The number of hydrogen-bond donors (Lipinski definition) is 2. The van der Waals surface area contributed by atoms with Gasteiger partial charge in [0, 0.05) is 18.2 Å². The zero-order valence-corrected chi connectivity index (χ0v) is 13.0. The Morgan fingerprint density at radius 2 is 2.10 bits per heavy atom. The van der Waals surface area contributed by atoms with E-state index in [2.05, 4.69) is 5.32 Å². The highest BCUT2D eigenvalue weighted by Crippen LogP contribution is 2.23. The van der Waals surface area contributed by atoms with Crippen molar-refractivity contribution in [2.75, 3.05) is 6.54 Å². The maximum absolute atomic E-state index is 12.5. The molecule has 1 rings (SSSR count). The van der Waals surface area contributed by atoms with Crippen molar-refractivity contribution in [2.24, 2.45) is 11.7 Å². The molecule has 21 heavy (non-hydrogen) atoms. The first kappa shape index (κ1) is 17.1. The number of nitro benzene ring substituents is 1. The molecule has 1 unspecified atom stereocenters. The lowest BCUT2D eigenvalue weighted by molar-refractivity contribution is -0.385. The van der Waals surface area contributed by atoms with Crippen LogP contribution in [-0.4, -0.2) is 22.9 Å². The maximum atomic E-state index is 12.5. The van der Waals surface area contributed by atoms with Crippen molar-refractivity contribution in [3.8, 4) is 0 Å². The van der Waals surface area contributed by atoms with Gasteiger partial charge in [-0.3, -0.25) is 14.9 Å². The van der Waals surface area contributed by atoms with Crippen molar-refractivity contribution < 1.29 is 9.72 Å². The van der Waals surface area contributed by atoms with E-state index in [1.54, 1.807) is 19.1 Å². The number of carbonyl (C=O) groups excluding carboxylic acids is 1. The fraction of sp³-hybridized carbons (Fsp3) is 0.533. The van der Waals surface area contributed by atoms with Crippen LogP contribution in [0.1, 0.15) is 43.1 Å². The Kier molecular flexibility index (Phi) is 5.43. The number of nitrogens with one attached hydrogen (secondary N) is 1. The van der Waals surface area contributed by atoms with Gasteiger partial charge in [-0.05, 0) is 31.7 Å². The molecule has 1 aromatic rings. The van der Waals surface area contributed by atoms with Crippen molar-refractivity contribution in [1.29, 1.82) is 0 Å².